The van der Waals surface area contributed by atoms with Crippen LogP contribution in [0.15, 0.2) is 12.3 Å². The average Bonchev–Trinajstić information content (AvgIpc) is 2.28. The molecular formula is C11H16F3N3OS. The predicted molar refractivity (Wildman–Crippen MR) is 70.3 cm³/mol. The second-order valence-electron chi connectivity index (χ2n) is 4.27. The van der Waals surface area contributed by atoms with Gasteiger partial charge >= 0.3 is 6.18 Å². The Morgan fingerprint density at radius 3 is 2.68 bits per heavy atom. The molecule has 0 radical (unpaired) electrons. The molecule has 0 amide bonds. The number of aromatic nitrogens is 1. The van der Waals surface area contributed by atoms with Gasteiger partial charge in [0.2, 0.25) is 0 Å². The lowest BCUT2D eigenvalue weighted by molar-refractivity contribution is -0.141. The van der Waals surface area contributed by atoms with Gasteiger partial charge in [0.15, 0.2) is 0 Å². The summed E-state index contributed by atoms with van der Waals surface area (Å²) in [5.41, 5.74) is 4.94. The molecule has 108 valence electrons. The van der Waals surface area contributed by atoms with Gasteiger partial charge in [0, 0.05) is 28.9 Å². The van der Waals surface area contributed by atoms with Crippen molar-refractivity contribution in [1.82, 2.24) is 4.98 Å². The fourth-order valence-corrected chi connectivity index (χ4v) is 2.11. The first kappa shape index (κ1) is 15.7. The third kappa shape index (κ3) is 5.06. The highest BCUT2D eigenvalue weighted by molar-refractivity contribution is 7.84. The van der Waals surface area contributed by atoms with Gasteiger partial charge < -0.3 is 11.1 Å². The molecule has 4 nitrogen and oxygen atoms in total. The number of hydrogen-bond acceptors (Lipinski definition) is 4. The summed E-state index contributed by atoms with van der Waals surface area (Å²) in [5, 5.41) is 2.88. The van der Waals surface area contributed by atoms with E-state index in [4.69, 9.17) is 5.73 Å². The first-order valence-corrected chi connectivity index (χ1v) is 7.32. The van der Waals surface area contributed by atoms with Crippen LogP contribution in [-0.2, 0) is 17.0 Å². The van der Waals surface area contributed by atoms with E-state index in [0.29, 0.717) is 12.2 Å². The largest absolute Gasteiger partial charge is 0.433 e. The van der Waals surface area contributed by atoms with Crippen molar-refractivity contribution < 1.29 is 17.4 Å². The molecule has 0 fully saturated rings. The molecule has 1 heterocycles. The number of rotatable bonds is 5. The summed E-state index contributed by atoms with van der Waals surface area (Å²) in [4.78, 5) is 3.25. The average molecular weight is 295 g/mol. The van der Waals surface area contributed by atoms with Crippen LogP contribution in [-0.4, -0.2) is 27.2 Å². The zero-order chi connectivity index (χ0) is 14.6. The molecule has 0 aliphatic carbocycles. The topological polar surface area (TPSA) is 68.0 Å². The highest BCUT2D eigenvalue weighted by Crippen LogP contribution is 2.31. The molecule has 2 atom stereocenters. The summed E-state index contributed by atoms with van der Waals surface area (Å²) >= 11 is 0. The fourth-order valence-electron chi connectivity index (χ4n) is 1.43. The maximum Gasteiger partial charge on any atom is 0.433 e. The molecule has 0 spiro atoms. The Morgan fingerprint density at radius 1 is 1.53 bits per heavy atom. The summed E-state index contributed by atoms with van der Waals surface area (Å²) in [6, 6.07) is 0.754. The van der Waals surface area contributed by atoms with Gasteiger partial charge in [-0.25, -0.2) is 4.98 Å². The van der Waals surface area contributed by atoms with Crippen molar-refractivity contribution in [2.24, 2.45) is 0 Å². The Labute approximate surface area is 112 Å². The van der Waals surface area contributed by atoms with Crippen LogP contribution in [0.1, 0.15) is 19.0 Å². The van der Waals surface area contributed by atoms with E-state index in [1.165, 1.54) is 0 Å². The zero-order valence-corrected chi connectivity index (χ0v) is 11.4. The second-order valence-corrected chi connectivity index (χ2v) is 5.82. The van der Waals surface area contributed by atoms with E-state index in [1.54, 1.807) is 13.2 Å². The molecule has 1 aromatic heterocycles. The number of pyridine rings is 1. The smallest absolute Gasteiger partial charge is 0.396 e. The molecule has 1 aromatic rings. The Hall–Kier alpha value is -1.31. The normalized spacial score (nSPS) is 15.0. The van der Waals surface area contributed by atoms with Crippen LogP contribution in [0, 0.1) is 0 Å². The minimum atomic E-state index is -4.50. The van der Waals surface area contributed by atoms with E-state index < -0.39 is 22.7 Å². The van der Waals surface area contributed by atoms with Crippen molar-refractivity contribution in [3.8, 4) is 0 Å². The van der Waals surface area contributed by atoms with Crippen LogP contribution in [0.25, 0.3) is 0 Å². The number of nitrogens with two attached hydrogens (primary N) is 1. The summed E-state index contributed by atoms with van der Waals surface area (Å²) in [5.74, 6) is 0.477. The minimum absolute atomic E-state index is 0.130. The molecular weight excluding hydrogens is 279 g/mol. The quantitative estimate of drug-likeness (QED) is 0.874. The molecule has 3 N–H and O–H groups in total. The van der Waals surface area contributed by atoms with Gasteiger partial charge in [0.05, 0.1) is 17.6 Å². The van der Waals surface area contributed by atoms with Gasteiger partial charge in [-0.15, -0.1) is 0 Å². The van der Waals surface area contributed by atoms with E-state index in [1.807, 2.05) is 0 Å². The highest BCUT2D eigenvalue weighted by Gasteiger charge is 2.33. The third-order valence-electron chi connectivity index (χ3n) is 2.47. The first-order chi connectivity index (χ1) is 8.70. The van der Waals surface area contributed by atoms with Crippen molar-refractivity contribution in [1.29, 1.82) is 0 Å². The molecule has 1 rings (SSSR count). The predicted octanol–water partition coefficient (Wildman–Crippen LogP) is 2.25. The molecule has 0 aromatic carbocycles. The van der Waals surface area contributed by atoms with Gasteiger partial charge in [-0.1, -0.05) is 0 Å². The summed E-state index contributed by atoms with van der Waals surface area (Å²) in [7, 11) is -0.932. The van der Waals surface area contributed by atoms with Crippen molar-refractivity contribution in [3.05, 3.63) is 18.0 Å². The van der Waals surface area contributed by atoms with E-state index in [0.717, 1.165) is 12.3 Å². The lowest BCUT2D eigenvalue weighted by Gasteiger charge is -2.17. The van der Waals surface area contributed by atoms with E-state index in [2.05, 4.69) is 10.3 Å². The lowest BCUT2D eigenvalue weighted by Crippen LogP contribution is -2.19. The third-order valence-corrected chi connectivity index (χ3v) is 3.28. The number of nitrogens with zero attached hydrogens (tertiary/aromatic N) is 1. The molecule has 0 bridgehead atoms. The molecule has 8 heteroatoms. The fraction of sp³-hybridized carbons (Fsp3) is 0.545. The Bertz CT molecular complexity index is 465. The Kier molecular flexibility index (Phi) is 5.16. The van der Waals surface area contributed by atoms with Gasteiger partial charge in [-0.05, 0) is 19.4 Å². The summed E-state index contributed by atoms with van der Waals surface area (Å²) < 4.78 is 48.5. The minimum Gasteiger partial charge on any atom is -0.396 e. The Balaban J connectivity index is 2.80. The van der Waals surface area contributed by atoms with Crippen LogP contribution < -0.4 is 11.1 Å². The summed E-state index contributed by atoms with van der Waals surface area (Å²) in [6.45, 7) is 1.79. The van der Waals surface area contributed by atoms with Gasteiger partial charge in [0.1, 0.15) is 5.69 Å². The number of hydrogen-bond donors (Lipinski definition) is 2. The van der Waals surface area contributed by atoms with Crippen molar-refractivity contribution >= 4 is 22.2 Å². The van der Waals surface area contributed by atoms with Crippen molar-refractivity contribution in [3.63, 3.8) is 0 Å². The van der Waals surface area contributed by atoms with E-state index in [-0.39, 0.29) is 17.4 Å². The van der Waals surface area contributed by atoms with Gasteiger partial charge in [-0.2, -0.15) is 13.2 Å². The zero-order valence-electron chi connectivity index (χ0n) is 10.6. The lowest BCUT2D eigenvalue weighted by atomic mass is 10.2. The highest BCUT2D eigenvalue weighted by atomic mass is 32.2. The molecule has 0 saturated heterocycles. The van der Waals surface area contributed by atoms with Gasteiger partial charge in [-0.3, -0.25) is 4.21 Å². The van der Waals surface area contributed by atoms with E-state index in [9.17, 15) is 17.4 Å². The van der Waals surface area contributed by atoms with Crippen LogP contribution in [0.5, 0.6) is 0 Å². The monoisotopic (exact) mass is 295 g/mol. The SMILES string of the molecule is CC(CCS(C)=O)Nc1cc(C(F)(F)F)ncc1N. The summed E-state index contributed by atoms with van der Waals surface area (Å²) in [6.07, 6.45) is -1.37. The van der Waals surface area contributed by atoms with Crippen LogP contribution in [0.3, 0.4) is 0 Å². The Morgan fingerprint density at radius 2 is 2.16 bits per heavy atom. The van der Waals surface area contributed by atoms with Gasteiger partial charge in [0.25, 0.3) is 0 Å². The maximum atomic E-state index is 12.5. The van der Waals surface area contributed by atoms with E-state index >= 15 is 0 Å². The number of nitrogens with one attached hydrogen (secondary N) is 1. The van der Waals surface area contributed by atoms with Crippen LogP contribution >= 0.6 is 0 Å². The standard InChI is InChI=1S/C11H16F3N3OS/c1-7(3-4-19(2)18)17-9-5-10(11(12,13)14)16-6-8(9)15/h5-7H,3-4,15H2,1-2H3,(H,16,17). The van der Waals surface area contributed by atoms with Crippen molar-refractivity contribution in [2.45, 2.75) is 25.6 Å². The van der Waals surface area contributed by atoms with Crippen LogP contribution in [0.4, 0.5) is 24.5 Å². The molecule has 0 aliphatic heterocycles. The maximum absolute atomic E-state index is 12.5. The second kappa shape index (κ2) is 6.23. The first-order valence-electron chi connectivity index (χ1n) is 5.59. The molecule has 2 unspecified atom stereocenters. The van der Waals surface area contributed by atoms with Crippen molar-refractivity contribution in [2.75, 3.05) is 23.1 Å². The molecule has 19 heavy (non-hydrogen) atoms. The number of alkyl halides is 3. The number of anilines is 2. The number of halogens is 3. The van der Waals surface area contributed by atoms with Crippen LogP contribution in [0.2, 0.25) is 0 Å². The molecule has 0 saturated carbocycles. The molecule has 0 aliphatic rings. The number of nitrogen functional groups attached to an aromatic ring is 1.